The number of aryl methyl sites for hydroxylation is 2. The zero-order valence-corrected chi connectivity index (χ0v) is 15.3. The monoisotopic (exact) mass is 345 g/mol. The van der Waals surface area contributed by atoms with E-state index in [1.165, 1.54) is 11.1 Å². The van der Waals surface area contributed by atoms with E-state index >= 15 is 0 Å². The van der Waals surface area contributed by atoms with Crippen LogP contribution in [0.1, 0.15) is 32.7 Å². The number of anilines is 2. The number of pyridine rings is 1. The Kier molecular flexibility index (Phi) is 5.32. The number of amides is 1. The fourth-order valence-electron chi connectivity index (χ4n) is 2.75. The molecule has 1 aromatic heterocycles. The molecule has 3 aromatic rings. The van der Waals surface area contributed by atoms with Gasteiger partial charge in [0.2, 0.25) is 0 Å². The molecular weight excluding hydrogens is 322 g/mol. The molecule has 0 spiro atoms. The highest BCUT2D eigenvalue weighted by Crippen LogP contribution is 2.22. The maximum atomic E-state index is 12.5. The standard InChI is InChI=1S/C22H23N3O/c1-15-8-6-10-20(17(15)3)25-19-11-12-23-21(13-19)22(26)24-14-18-9-5-4-7-16(18)2/h4-13H,14H2,1-3H3,(H,23,25)(H,24,26). The van der Waals surface area contributed by atoms with Gasteiger partial charge in [0.1, 0.15) is 5.69 Å². The molecule has 0 saturated heterocycles. The summed E-state index contributed by atoms with van der Waals surface area (Å²) in [5.74, 6) is -0.183. The minimum atomic E-state index is -0.183. The van der Waals surface area contributed by atoms with Crippen LogP contribution in [0.4, 0.5) is 11.4 Å². The molecule has 132 valence electrons. The Bertz CT molecular complexity index is 934. The fourth-order valence-corrected chi connectivity index (χ4v) is 2.75. The molecule has 2 aromatic carbocycles. The number of carbonyl (C=O) groups is 1. The minimum absolute atomic E-state index is 0.183. The quantitative estimate of drug-likeness (QED) is 0.706. The average Bonchev–Trinajstić information content (AvgIpc) is 2.65. The highest BCUT2D eigenvalue weighted by atomic mass is 16.1. The molecule has 2 N–H and O–H groups in total. The third kappa shape index (κ3) is 4.09. The topological polar surface area (TPSA) is 54.0 Å². The van der Waals surface area contributed by atoms with Crippen LogP contribution in [-0.4, -0.2) is 10.9 Å². The van der Waals surface area contributed by atoms with Gasteiger partial charge in [-0.1, -0.05) is 36.4 Å². The van der Waals surface area contributed by atoms with Crippen molar-refractivity contribution < 1.29 is 4.79 Å². The molecule has 0 atom stereocenters. The van der Waals surface area contributed by atoms with Gasteiger partial charge in [-0.15, -0.1) is 0 Å². The second-order valence-corrected chi connectivity index (χ2v) is 6.41. The van der Waals surface area contributed by atoms with Crippen LogP contribution < -0.4 is 10.6 Å². The highest BCUT2D eigenvalue weighted by molar-refractivity contribution is 5.93. The van der Waals surface area contributed by atoms with Crippen LogP contribution in [0.15, 0.2) is 60.8 Å². The summed E-state index contributed by atoms with van der Waals surface area (Å²) in [6, 6.07) is 17.8. The third-order valence-electron chi connectivity index (χ3n) is 4.58. The second kappa shape index (κ2) is 7.83. The van der Waals surface area contributed by atoms with Crippen LogP contribution in [0.3, 0.4) is 0 Å². The lowest BCUT2D eigenvalue weighted by Crippen LogP contribution is -2.24. The van der Waals surface area contributed by atoms with Crippen molar-refractivity contribution in [2.75, 3.05) is 5.32 Å². The smallest absolute Gasteiger partial charge is 0.270 e. The van der Waals surface area contributed by atoms with Gasteiger partial charge < -0.3 is 10.6 Å². The number of rotatable bonds is 5. The number of aromatic nitrogens is 1. The first-order chi connectivity index (χ1) is 12.5. The predicted molar refractivity (Wildman–Crippen MR) is 106 cm³/mol. The van der Waals surface area contributed by atoms with Crippen LogP contribution in [0.5, 0.6) is 0 Å². The van der Waals surface area contributed by atoms with Crippen molar-refractivity contribution in [2.45, 2.75) is 27.3 Å². The Balaban J connectivity index is 1.71. The van der Waals surface area contributed by atoms with Crippen LogP contribution in [-0.2, 0) is 6.54 Å². The van der Waals surface area contributed by atoms with E-state index in [1.54, 1.807) is 12.3 Å². The summed E-state index contributed by atoms with van der Waals surface area (Å²) in [4.78, 5) is 16.7. The van der Waals surface area contributed by atoms with E-state index in [9.17, 15) is 4.79 Å². The molecule has 0 bridgehead atoms. The molecule has 1 heterocycles. The van der Waals surface area contributed by atoms with Crippen molar-refractivity contribution in [2.24, 2.45) is 0 Å². The summed E-state index contributed by atoms with van der Waals surface area (Å²) in [5.41, 5.74) is 6.94. The number of hydrogen-bond acceptors (Lipinski definition) is 3. The Labute approximate surface area is 154 Å². The Hall–Kier alpha value is -3.14. The van der Waals surface area contributed by atoms with Gasteiger partial charge in [-0.05, 0) is 61.2 Å². The second-order valence-electron chi connectivity index (χ2n) is 6.41. The van der Waals surface area contributed by atoms with E-state index in [1.807, 2.05) is 49.4 Å². The molecule has 0 radical (unpaired) electrons. The lowest BCUT2D eigenvalue weighted by atomic mass is 10.1. The number of hydrogen-bond donors (Lipinski definition) is 2. The van der Waals surface area contributed by atoms with Gasteiger partial charge in [-0.25, -0.2) is 0 Å². The fraction of sp³-hybridized carbons (Fsp3) is 0.182. The van der Waals surface area contributed by atoms with E-state index in [4.69, 9.17) is 0 Å². The van der Waals surface area contributed by atoms with Crippen LogP contribution in [0.2, 0.25) is 0 Å². The maximum absolute atomic E-state index is 12.5. The van der Waals surface area contributed by atoms with Gasteiger partial charge in [0.05, 0.1) is 0 Å². The van der Waals surface area contributed by atoms with Crippen molar-refractivity contribution in [3.8, 4) is 0 Å². The number of nitrogens with one attached hydrogen (secondary N) is 2. The van der Waals surface area contributed by atoms with Crippen LogP contribution >= 0.6 is 0 Å². The van der Waals surface area contributed by atoms with Crippen LogP contribution in [0.25, 0.3) is 0 Å². The number of benzene rings is 2. The zero-order valence-electron chi connectivity index (χ0n) is 15.3. The molecule has 0 unspecified atom stereocenters. The molecule has 0 aliphatic rings. The Morgan fingerprint density at radius 2 is 1.73 bits per heavy atom. The van der Waals surface area contributed by atoms with Gasteiger partial charge in [0.25, 0.3) is 5.91 Å². The van der Waals surface area contributed by atoms with Gasteiger partial charge in [-0.3, -0.25) is 9.78 Å². The summed E-state index contributed by atoms with van der Waals surface area (Å²) in [6.07, 6.45) is 1.65. The summed E-state index contributed by atoms with van der Waals surface area (Å²) in [7, 11) is 0. The van der Waals surface area contributed by atoms with Crippen LogP contribution in [0, 0.1) is 20.8 Å². The van der Waals surface area contributed by atoms with E-state index in [0.29, 0.717) is 12.2 Å². The SMILES string of the molecule is Cc1ccccc1CNC(=O)c1cc(Nc2cccc(C)c2C)ccn1. The van der Waals surface area contributed by atoms with Gasteiger partial charge >= 0.3 is 0 Å². The molecular formula is C22H23N3O. The summed E-state index contributed by atoms with van der Waals surface area (Å²) < 4.78 is 0. The number of nitrogens with zero attached hydrogens (tertiary/aromatic N) is 1. The van der Waals surface area contributed by atoms with E-state index < -0.39 is 0 Å². The van der Waals surface area contributed by atoms with E-state index in [0.717, 1.165) is 22.5 Å². The lowest BCUT2D eigenvalue weighted by Gasteiger charge is -2.12. The molecule has 4 heteroatoms. The average molecular weight is 345 g/mol. The van der Waals surface area contributed by atoms with Crippen molar-refractivity contribution in [1.82, 2.24) is 10.3 Å². The zero-order chi connectivity index (χ0) is 18.5. The highest BCUT2D eigenvalue weighted by Gasteiger charge is 2.09. The molecule has 0 fully saturated rings. The minimum Gasteiger partial charge on any atom is -0.355 e. The Morgan fingerprint density at radius 3 is 2.54 bits per heavy atom. The van der Waals surface area contributed by atoms with Gasteiger partial charge in [0, 0.05) is 24.1 Å². The van der Waals surface area contributed by atoms with E-state index in [-0.39, 0.29) is 5.91 Å². The summed E-state index contributed by atoms with van der Waals surface area (Å²) in [6.45, 7) is 6.68. The van der Waals surface area contributed by atoms with Crippen molar-refractivity contribution >= 4 is 17.3 Å². The number of carbonyl (C=O) groups excluding carboxylic acids is 1. The predicted octanol–water partition coefficient (Wildman–Crippen LogP) is 4.68. The van der Waals surface area contributed by atoms with Gasteiger partial charge in [-0.2, -0.15) is 0 Å². The maximum Gasteiger partial charge on any atom is 0.270 e. The lowest BCUT2D eigenvalue weighted by molar-refractivity contribution is 0.0946. The molecule has 1 amide bonds. The first-order valence-corrected chi connectivity index (χ1v) is 8.66. The first-order valence-electron chi connectivity index (χ1n) is 8.66. The molecule has 0 aliphatic heterocycles. The Morgan fingerprint density at radius 1 is 0.962 bits per heavy atom. The van der Waals surface area contributed by atoms with Crippen molar-refractivity contribution in [3.05, 3.63) is 88.7 Å². The summed E-state index contributed by atoms with van der Waals surface area (Å²) >= 11 is 0. The molecule has 3 rings (SSSR count). The van der Waals surface area contributed by atoms with Gasteiger partial charge in [0.15, 0.2) is 0 Å². The normalized spacial score (nSPS) is 10.4. The third-order valence-corrected chi connectivity index (χ3v) is 4.58. The summed E-state index contributed by atoms with van der Waals surface area (Å²) in [5, 5.41) is 6.31. The first kappa shape index (κ1) is 17.7. The molecule has 0 saturated carbocycles. The largest absolute Gasteiger partial charge is 0.355 e. The van der Waals surface area contributed by atoms with Crippen molar-refractivity contribution in [3.63, 3.8) is 0 Å². The molecule has 26 heavy (non-hydrogen) atoms. The van der Waals surface area contributed by atoms with Crippen molar-refractivity contribution in [1.29, 1.82) is 0 Å². The molecule has 0 aliphatic carbocycles. The molecule has 4 nitrogen and oxygen atoms in total. The van der Waals surface area contributed by atoms with E-state index in [2.05, 4.69) is 35.5 Å².